The van der Waals surface area contributed by atoms with Gasteiger partial charge in [0.25, 0.3) is 11.8 Å². The summed E-state index contributed by atoms with van der Waals surface area (Å²) in [6, 6.07) is 11.2. The van der Waals surface area contributed by atoms with Gasteiger partial charge in [0.15, 0.2) is 6.61 Å². The van der Waals surface area contributed by atoms with E-state index < -0.39 is 36.2 Å². The van der Waals surface area contributed by atoms with Crippen molar-refractivity contribution in [2.45, 2.75) is 6.42 Å². The van der Waals surface area contributed by atoms with E-state index in [2.05, 4.69) is 10.7 Å². The molecule has 1 atom stereocenters. The van der Waals surface area contributed by atoms with Gasteiger partial charge in [0.05, 0.1) is 37.9 Å². The lowest BCUT2D eigenvalue weighted by atomic mass is 10.1. The number of halogens is 1. The molecule has 1 saturated heterocycles. The molecule has 1 fully saturated rings. The Hall–Kier alpha value is -3.79. The third-order valence-electron chi connectivity index (χ3n) is 4.83. The van der Waals surface area contributed by atoms with Gasteiger partial charge in [-0.2, -0.15) is 0 Å². The van der Waals surface area contributed by atoms with Crippen LogP contribution in [-0.4, -0.2) is 56.1 Å². The average Bonchev–Trinajstić information content (AvgIpc) is 3.17. The molecule has 33 heavy (non-hydrogen) atoms. The second kappa shape index (κ2) is 10.7. The number of hydrogen-bond acceptors (Lipinski definition) is 7. The van der Waals surface area contributed by atoms with E-state index in [1.54, 1.807) is 36.4 Å². The first-order valence-electron chi connectivity index (χ1n) is 9.86. The van der Waals surface area contributed by atoms with Crippen molar-refractivity contribution in [2.75, 3.05) is 32.7 Å². The Bertz CT molecular complexity index is 1080. The second-order valence-electron chi connectivity index (χ2n) is 7.05. The SMILES string of the molecule is COc1ccc(Cl)cc1NC(=O)COC(=O)[C@@H]1CC(=O)N(NC(=O)c2ccccc2OC)C1. The molecule has 0 bridgehead atoms. The van der Waals surface area contributed by atoms with Crippen molar-refractivity contribution >= 4 is 41.0 Å². The van der Waals surface area contributed by atoms with E-state index in [4.69, 9.17) is 25.8 Å². The van der Waals surface area contributed by atoms with Gasteiger partial charge < -0.3 is 19.5 Å². The standard InChI is InChI=1S/C22H22ClN3O7/c1-31-17-6-4-3-5-15(17)21(29)25-26-11-13(9-20(26)28)22(30)33-12-19(27)24-16-10-14(23)7-8-18(16)32-2/h3-8,10,13H,9,11-12H2,1-2H3,(H,24,27)(H,25,29)/t13-/m1/s1. The zero-order valence-corrected chi connectivity index (χ0v) is 18.7. The molecule has 0 aromatic heterocycles. The fourth-order valence-corrected chi connectivity index (χ4v) is 3.38. The number of esters is 1. The topological polar surface area (TPSA) is 123 Å². The van der Waals surface area contributed by atoms with Gasteiger partial charge in [-0.1, -0.05) is 23.7 Å². The van der Waals surface area contributed by atoms with E-state index in [9.17, 15) is 19.2 Å². The van der Waals surface area contributed by atoms with E-state index in [1.807, 2.05) is 0 Å². The summed E-state index contributed by atoms with van der Waals surface area (Å²) in [4.78, 5) is 49.3. The maximum atomic E-state index is 12.5. The predicted octanol–water partition coefficient (Wildman–Crippen LogP) is 2.03. The third-order valence-corrected chi connectivity index (χ3v) is 5.06. The lowest BCUT2D eigenvalue weighted by Gasteiger charge is -2.18. The van der Waals surface area contributed by atoms with Crippen LogP contribution < -0.4 is 20.2 Å². The van der Waals surface area contributed by atoms with Gasteiger partial charge in [-0.05, 0) is 30.3 Å². The van der Waals surface area contributed by atoms with E-state index in [-0.39, 0.29) is 18.5 Å². The minimum absolute atomic E-state index is 0.0811. The van der Waals surface area contributed by atoms with Gasteiger partial charge >= 0.3 is 5.97 Å². The van der Waals surface area contributed by atoms with Crippen LogP contribution in [0.3, 0.4) is 0 Å². The molecule has 1 aliphatic rings. The van der Waals surface area contributed by atoms with Crippen molar-refractivity contribution in [3.63, 3.8) is 0 Å². The van der Waals surface area contributed by atoms with Crippen molar-refractivity contribution in [2.24, 2.45) is 5.92 Å². The molecule has 3 rings (SSSR count). The summed E-state index contributed by atoms with van der Waals surface area (Å²) in [7, 11) is 2.87. The van der Waals surface area contributed by atoms with E-state index >= 15 is 0 Å². The summed E-state index contributed by atoms with van der Waals surface area (Å²) in [5, 5.41) is 3.99. The molecule has 3 amide bonds. The van der Waals surface area contributed by atoms with Crippen molar-refractivity contribution < 1.29 is 33.4 Å². The smallest absolute Gasteiger partial charge is 0.311 e. The highest BCUT2D eigenvalue weighted by Crippen LogP contribution is 2.27. The molecule has 1 aliphatic heterocycles. The van der Waals surface area contributed by atoms with E-state index in [0.717, 1.165) is 5.01 Å². The Labute approximate surface area is 194 Å². The van der Waals surface area contributed by atoms with Gasteiger partial charge in [0.2, 0.25) is 5.91 Å². The predicted molar refractivity (Wildman–Crippen MR) is 118 cm³/mol. The quantitative estimate of drug-likeness (QED) is 0.560. The first-order chi connectivity index (χ1) is 15.8. The van der Waals surface area contributed by atoms with Gasteiger partial charge in [0, 0.05) is 11.4 Å². The normalized spacial score (nSPS) is 15.1. The summed E-state index contributed by atoms with van der Waals surface area (Å²) >= 11 is 5.92. The van der Waals surface area contributed by atoms with Crippen LogP contribution in [0.5, 0.6) is 11.5 Å². The monoisotopic (exact) mass is 475 g/mol. The van der Waals surface area contributed by atoms with Crippen LogP contribution in [0.2, 0.25) is 5.02 Å². The molecule has 0 radical (unpaired) electrons. The number of anilines is 1. The summed E-state index contributed by atoms with van der Waals surface area (Å²) in [5.74, 6) is -2.43. The Morgan fingerprint density at radius 1 is 1.09 bits per heavy atom. The van der Waals surface area contributed by atoms with E-state index in [1.165, 1.54) is 20.3 Å². The first-order valence-corrected chi connectivity index (χ1v) is 10.2. The minimum Gasteiger partial charge on any atom is -0.496 e. The summed E-state index contributed by atoms with van der Waals surface area (Å²) in [6.07, 6.45) is -0.158. The fraction of sp³-hybridized carbons (Fsp3) is 0.273. The number of benzene rings is 2. The second-order valence-corrected chi connectivity index (χ2v) is 7.48. The number of hydrazine groups is 1. The number of nitrogens with one attached hydrogen (secondary N) is 2. The number of rotatable bonds is 8. The van der Waals surface area contributed by atoms with Crippen molar-refractivity contribution in [3.05, 3.63) is 53.1 Å². The van der Waals surface area contributed by atoms with Crippen LogP contribution in [0.1, 0.15) is 16.8 Å². The number of carbonyl (C=O) groups excluding carboxylic acids is 4. The number of nitrogens with zero attached hydrogens (tertiary/aromatic N) is 1. The van der Waals surface area contributed by atoms with Gasteiger partial charge in [-0.25, -0.2) is 0 Å². The Kier molecular flexibility index (Phi) is 7.73. The molecular formula is C22H22ClN3O7. The maximum Gasteiger partial charge on any atom is 0.311 e. The molecule has 0 unspecified atom stereocenters. The highest BCUT2D eigenvalue weighted by molar-refractivity contribution is 6.31. The number of hydrogen-bond donors (Lipinski definition) is 2. The van der Waals surface area contributed by atoms with Crippen LogP contribution in [-0.2, 0) is 19.1 Å². The number of amides is 3. The Balaban J connectivity index is 1.52. The molecule has 174 valence electrons. The minimum atomic E-state index is -0.830. The molecule has 2 N–H and O–H groups in total. The van der Waals surface area contributed by atoms with Crippen LogP contribution in [0.4, 0.5) is 5.69 Å². The number of carbonyl (C=O) groups is 4. The number of methoxy groups -OCH3 is 2. The van der Waals surface area contributed by atoms with Crippen molar-refractivity contribution in [3.8, 4) is 11.5 Å². The van der Waals surface area contributed by atoms with Crippen LogP contribution in [0.15, 0.2) is 42.5 Å². The number of para-hydroxylation sites is 1. The zero-order valence-electron chi connectivity index (χ0n) is 17.9. The van der Waals surface area contributed by atoms with E-state index in [0.29, 0.717) is 22.2 Å². The Morgan fingerprint density at radius 2 is 1.82 bits per heavy atom. The number of ether oxygens (including phenoxy) is 3. The molecule has 2 aromatic carbocycles. The largest absolute Gasteiger partial charge is 0.496 e. The van der Waals surface area contributed by atoms with Crippen molar-refractivity contribution in [1.82, 2.24) is 10.4 Å². The summed E-state index contributed by atoms with van der Waals surface area (Å²) < 4.78 is 15.3. The molecule has 1 heterocycles. The van der Waals surface area contributed by atoms with Gasteiger partial charge in [-0.3, -0.25) is 29.6 Å². The molecule has 0 saturated carbocycles. The summed E-state index contributed by atoms with van der Waals surface area (Å²) in [5.41, 5.74) is 3.04. The lowest BCUT2D eigenvalue weighted by Crippen LogP contribution is -2.43. The third kappa shape index (κ3) is 5.92. The zero-order chi connectivity index (χ0) is 24.0. The highest BCUT2D eigenvalue weighted by atomic mass is 35.5. The van der Waals surface area contributed by atoms with Gasteiger partial charge in [0.1, 0.15) is 11.5 Å². The summed E-state index contributed by atoms with van der Waals surface area (Å²) in [6.45, 7) is -0.644. The molecule has 2 aromatic rings. The molecule has 0 aliphatic carbocycles. The van der Waals surface area contributed by atoms with Crippen molar-refractivity contribution in [1.29, 1.82) is 0 Å². The lowest BCUT2D eigenvalue weighted by molar-refractivity contribution is -0.151. The van der Waals surface area contributed by atoms with Crippen LogP contribution in [0.25, 0.3) is 0 Å². The fourth-order valence-electron chi connectivity index (χ4n) is 3.21. The van der Waals surface area contributed by atoms with Crippen LogP contribution in [0, 0.1) is 5.92 Å². The maximum absolute atomic E-state index is 12.5. The first kappa shape index (κ1) is 23.9. The van der Waals surface area contributed by atoms with Gasteiger partial charge in [-0.15, -0.1) is 0 Å². The molecule has 11 heteroatoms. The average molecular weight is 476 g/mol. The van der Waals surface area contributed by atoms with Crippen LogP contribution >= 0.6 is 11.6 Å². The molecule has 0 spiro atoms. The Morgan fingerprint density at radius 3 is 2.55 bits per heavy atom. The highest BCUT2D eigenvalue weighted by Gasteiger charge is 2.37. The molecule has 10 nitrogen and oxygen atoms in total. The molecular weight excluding hydrogens is 454 g/mol.